The fourth-order valence-corrected chi connectivity index (χ4v) is 8.31. The predicted molar refractivity (Wildman–Crippen MR) is 96.3 cm³/mol. The number of aliphatic hydroxyl groups excluding tert-OH is 1. The van der Waals surface area contributed by atoms with E-state index in [1.54, 1.807) is 0 Å². The van der Waals surface area contributed by atoms with E-state index < -0.39 is 11.6 Å². The number of carbonyl (C=O) groups is 1. The summed E-state index contributed by atoms with van der Waals surface area (Å²) in [5.41, 5.74) is 1.42. The van der Waals surface area contributed by atoms with Gasteiger partial charge in [-0.15, -0.1) is 0 Å². The standard InChI is InChI=1S/C21H24N2O4/c1-26-17(25)12-8-19-15(24)9-21(12)20(11-4-2-3-5-13(11)22-21)6-7-23(18(19)20)10-14-16(19)27-14/h2-5,12,14-16,18,22,24H,6-10H2,1H3/t12-,14-,15-,16-,18-,19+,20+,21+/m0/s1. The van der Waals surface area contributed by atoms with Crippen LogP contribution in [0.1, 0.15) is 24.8 Å². The molecule has 4 heterocycles. The Kier molecular flexibility index (Phi) is 2.46. The summed E-state index contributed by atoms with van der Waals surface area (Å²) >= 11 is 0. The summed E-state index contributed by atoms with van der Waals surface area (Å²) in [4.78, 5) is 15.6. The molecule has 3 saturated carbocycles. The van der Waals surface area contributed by atoms with Crippen LogP contribution >= 0.6 is 0 Å². The van der Waals surface area contributed by atoms with Crippen molar-refractivity contribution in [2.45, 2.75) is 54.6 Å². The van der Waals surface area contributed by atoms with Crippen LogP contribution in [0.4, 0.5) is 5.69 Å². The molecule has 4 aliphatic heterocycles. The van der Waals surface area contributed by atoms with Gasteiger partial charge in [0.05, 0.1) is 36.9 Å². The van der Waals surface area contributed by atoms with E-state index in [4.69, 9.17) is 9.47 Å². The summed E-state index contributed by atoms with van der Waals surface area (Å²) in [6.45, 7) is 1.95. The van der Waals surface area contributed by atoms with E-state index >= 15 is 0 Å². The third-order valence-electron chi connectivity index (χ3n) is 9.00. The molecule has 0 radical (unpaired) electrons. The van der Waals surface area contributed by atoms with Crippen LogP contribution in [0.15, 0.2) is 24.3 Å². The number of nitrogens with zero attached hydrogens (tertiary/aromatic N) is 1. The van der Waals surface area contributed by atoms with E-state index in [9.17, 15) is 9.90 Å². The molecule has 8 rings (SSSR count). The van der Waals surface area contributed by atoms with Crippen molar-refractivity contribution in [3.63, 3.8) is 0 Å². The van der Waals surface area contributed by atoms with E-state index in [0.29, 0.717) is 12.8 Å². The molecule has 27 heavy (non-hydrogen) atoms. The van der Waals surface area contributed by atoms with Gasteiger partial charge in [-0.05, 0) is 37.4 Å². The molecular formula is C21H24N2O4. The molecule has 142 valence electrons. The fraction of sp³-hybridized carbons (Fsp3) is 0.667. The highest BCUT2D eigenvalue weighted by atomic mass is 16.6. The molecule has 2 N–H and O–H groups in total. The summed E-state index contributed by atoms with van der Waals surface area (Å²) in [6, 6.07) is 8.73. The first-order chi connectivity index (χ1) is 13.1. The Morgan fingerprint density at radius 1 is 1.37 bits per heavy atom. The van der Waals surface area contributed by atoms with E-state index in [1.807, 2.05) is 0 Å². The molecule has 6 nitrogen and oxygen atoms in total. The number of hydrogen-bond acceptors (Lipinski definition) is 6. The van der Waals surface area contributed by atoms with Gasteiger partial charge in [0.2, 0.25) is 0 Å². The number of carbonyl (C=O) groups excluding carboxylic acids is 1. The number of esters is 1. The maximum Gasteiger partial charge on any atom is 0.311 e. The lowest BCUT2D eigenvalue weighted by Gasteiger charge is -2.69. The van der Waals surface area contributed by atoms with Gasteiger partial charge in [-0.25, -0.2) is 0 Å². The number of fused-ring (bicyclic) bond motifs is 4. The number of hydrogen-bond donors (Lipinski definition) is 2. The third kappa shape index (κ3) is 1.34. The van der Waals surface area contributed by atoms with Crippen molar-refractivity contribution in [1.82, 2.24) is 4.90 Å². The van der Waals surface area contributed by atoms with Crippen LogP contribution in [0.3, 0.4) is 0 Å². The van der Waals surface area contributed by atoms with E-state index in [0.717, 1.165) is 25.2 Å². The maximum atomic E-state index is 13.0. The summed E-state index contributed by atoms with van der Waals surface area (Å²) < 4.78 is 11.4. The zero-order valence-electron chi connectivity index (χ0n) is 15.4. The number of para-hydroxylation sites is 1. The van der Waals surface area contributed by atoms with Gasteiger partial charge in [-0.3, -0.25) is 9.69 Å². The molecule has 1 aromatic rings. The van der Waals surface area contributed by atoms with Crippen molar-refractivity contribution >= 4 is 11.7 Å². The number of nitrogens with one attached hydrogen (secondary N) is 1. The Bertz CT molecular complexity index is 891. The molecule has 0 amide bonds. The second kappa shape index (κ2) is 4.34. The number of epoxide rings is 1. The normalized spacial score (nSPS) is 53.0. The second-order valence-corrected chi connectivity index (χ2v) is 9.47. The summed E-state index contributed by atoms with van der Waals surface area (Å²) in [7, 11) is 1.49. The van der Waals surface area contributed by atoms with Crippen molar-refractivity contribution in [2.24, 2.45) is 11.3 Å². The topological polar surface area (TPSA) is 74.3 Å². The largest absolute Gasteiger partial charge is 0.469 e. The molecule has 2 bridgehead atoms. The minimum atomic E-state index is -0.480. The van der Waals surface area contributed by atoms with Gasteiger partial charge in [-0.1, -0.05) is 18.2 Å². The van der Waals surface area contributed by atoms with Crippen LogP contribution in [0.2, 0.25) is 0 Å². The summed E-state index contributed by atoms with van der Waals surface area (Å²) in [5, 5.41) is 15.2. The van der Waals surface area contributed by atoms with Crippen molar-refractivity contribution in [1.29, 1.82) is 0 Å². The minimum Gasteiger partial charge on any atom is -0.469 e. The highest BCUT2D eigenvalue weighted by Crippen LogP contribution is 2.76. The Morgan fingerprint density at radius 2 is 2.22 bits per heavy atom. The number of benzene rings is 1. The van der Waals surface area contributed by atoms with Gasteiger partial charge in [0.15, 0.2) is 0 Å². The third-order valence-corrected chi connectivity index (χ3v) is 9.00. The highest BCUT2D eigenvalue weighted by molar-refractivity contribution is 5.81. The number of piperidine rings is 1. The van der Waals surface area contributed by atoms with Gasteiger partial charge in [0, 0.05) is 29.1 Å². The lowest BCUT2D eigenvalue weighted by atomic mass is 9.38. The SMILES string of the molecule is COC(=O)[C@@H]1C[C@@]23[C@@H](O)C[C@@]14Nc1ccccc1[C@@]41CCN(C[C@@H]4O[C@@H]42)[C@@H]31. The van der Waals surface area contributed by atoms with Crippen LogP contribution in [-0.2, 0) is 19.7 Å². The first-order valence-corrected chi connectivity index (χ1v) is 10.1. The number of aliphatic hydroxyl groups is 1. The van der Waals surface area contributed by atoms with E-state index in [2.05, 4.69) is 34.5 Å². The van der Waals surface area contributed by atoms with Crippen molar-refractivity contribution < 1.29 is 19.4 Å². The van der Waals surface area contributed by atoms with E-state index in [1.165, 1.54) is 12.7 Å². The fourth-order valence-electron chi connectivity index (χ4n) is 8.31. The molecule has 6 heteroatoms. The van der Waals surface area contributed by atoms with E-state index in [-0.39, 0.29) is 41.0 Å². The summed E-state index contributed by atoms with van der Waals surface area (Å²) in [6.07, 6.45) is 2.06. The Balaban J connectivity index is 1.55. The average Bonchev–Trinajstić information content (AvgIpc) is 3.27. The van der Waals surface area contributed by atoms with Crippen LogP contribution in [0.25, 0.3) is 0 Å². The molecule has 7 aliphatic rings. The highest BCUT2D eigenvalue weighted by Gasteiger charge is 2.85. The van der Waals surface area contributed by atoms with Gasteiger partial charge >= 0.3 is 5.97 Å². The zero-order chi connectivity index (χ0) is 18.2. The van der Waals surface area contributed by atoms with Crippen molar-refractivity contribution in [3.05, 3.63) is 29.8 Å². The summed E-state index contributed by atoms with van der Waals surface area (Å²) in [5.74, 6) is -0.418. The number of methoxy groups -OCH3 is 1. The van der Waals surface area contributed by atoms with Gasteiger partial charge in [-0.2, -0.15) is 0 Å². The molecule has 6 fully saturated rings. The molecule has 0 unspecified atom stereocenters. The molecule has 1 aromatic carbocycles. The quantitative estimate of drug-likeness (QED) is 0.567. The Hall–Kier alpha value is -1.63. The maximum absolute atomic E-state index is 13.0. The molecule has 3 aliphatic carbocycles. The lowest BCUT2D eigenvalue weighted by Crippen LogP contribution is -2.82. The van der Waals surface area contributed by atoms with Gasteiger partial charge in [0.1, 0.15) is 0 Å². The number of anilines is 1. The first kappa shape index (κ1) is 15.3. The van der Waals surface area contributed by atoms with Crippen LogP contribution in [-0.4, -0.2) is 66.1 Å². The van der Waals surface area contributed by atoms with Crippen molar-refractivity contribution in [2.75, 3.05) is 25.5 Å². The molecule has 3 saturated heterocycles. The number of ether oxygens (including phenoxy) is 2. The Labute approximate surface area is 157 Å². The lowest BCUT2D eigenvalue weighted by molar-refractivity contribution is -0.202. The smallest absolute Gasteiger partial charge is 0.311 e. The first-order valence-electron chi connectivity index (χ1n) is 10.1. The molecule has 3 spiro atoms. The Morgan fingerprint density at radius 3 is 3.07 bits per heavy atom. The zero-order valence-corrected chi connectivity index (χ0v) is 15.4. The van der Waals surface area contributed by atoms with Crippen molar-refractivity contribution in [3.8, 4) is 0 Å². The van der Waals surface area contributed by atoms with Crippen LogP contribution in [0.5, 0.6) is 0 Å². The molecular weight excluding hydrogens is 344 g/mol. The second-order valence-electron chi connectivity index (χ2n) is 9.47. The monoisotopic (exact) mass is 368 g/mol. The number of rotatable bonds is 1. The molecule has 0 aromatic heterocycles. The van der Waals surface area contributed by atoms with Gasteiger partial charge in [0.25, 0.3) is 0 Å². The van der Waals surface area contributed by atoms with Crippen LogP contribution in [0, 0.1) is 11.3 Å². The van der Waals surface area contributed by atoms with Crippen LogP contribution < -0.4 is 5.32 Å². The minimum absolute atomic E-state index is 0.0712. The average molecular weight is 368 g/mol. The molecule has 8 atom stereocenters. The van der Waals surface area contributed by atoms with Gasteiger partial charge < -0.3 is 19.9 Å². The predicted octanol–water partition coefficient (Wildman–Crippen LogP) is 0.888.